The van der Waals surface area contributed by atoms with E-state index in [1.165, 1.54) is 13.2 Å². The largest absolute Gasteiger partial charge is 0.465 e. The summed E-state index contributed by atoms with van der Waals surface area (Å²) in [7, 11) is 3.08. The van der Waals surface area contributed by atoms with Gasteiger partial charge in [0.2, 0.25) is 0 Å². The molecule has 2 rings (SSSR count). The second-order valence-electron chi connectivity index (χ2n) is 6.02. The van der Waals surface area contributed by atoms with Crippen molar-refractivity contribution in [1.82, 2.24) is 5.32 Å². The monoisotopic (exact) mass is 371 g/mol. The fourth-order valence-corrected chi connectivity index (χ4v) is 2.48. The maximum atomic E-state index is 12.4. The van der Waals surface area contributed by atoms with E-state index in [9.17, 15) is 19.7 Å². The zero-order valence-electron chi connectivity index (χ0n) is 15.3. The van der Waals surface area contributed by atoms with Crippen LogP contribution < -0.4 is 10.2 Å². The van der Waals surface area contributed by atoms with Crippen LogP contribution in [0.3, 0.4) is 0 Å². The molecule has 0 spiro atoms. The van der Waals surface area contributed by atoms with E-state index in [-0.39, 0.29) is 22.9 Å². The summed E-state index contributed by atoms with van der Waals surface area (Å²) >= 11 is 0. The molecule has 1 N–H and O–H groups in total. The molecule has 1 unspecified atom stereocenters. The molecule has 8 nitrogen and oxygen atoms in total. The van der Waals surface area contributed by atoms with Gasteiger partial charge in [-0.15, -0.1) is 0 Å². The number of methoxy groups -OCH3 is 1. The van der Waals surface area contributed by atoms with Crippen LogP contribution in [0.2, 0.25) is 0 Å². The smallest absolute Gasteiger partial charge is 0.338 e. The highest BCUT2D eigenvalue weighted by molar-refractivity contribution is 5.99. The van der Waals surface area contributed by atoms with Crippen LogP contribution in [0.1, 0.15) is 27.6 Å². The number of non-ortho nitro benzene ring substituents is 1. The number of nitrogens with zero attached hydrogens (tertiary/aromatic N) is 2. The second-order valence-corrected chi connectivity index (χ2v) is 6.02. The molecule has 0 saturated carbocycles. The molecule has 0 aliphatic heterocycles. The number of hydrogen-bond acceptors (Lipinski definition) is 6. The number of benzene rings is 2. The minimum absolute atomic E-state index is 0.0184. The Kier molecular flexibility index (Phi) is 6.48. The van der Waals surface area contributed by atoms with Gasteiger partial charge in [0.15, 0.2) is 0 Å². The number of esters is 1. The van der Waals surface area contributed by atoms with Crippen LogP contribution in [0.15, 0.2) is 48.5 Å². The third kappa shape index (κ3) is 5.04. The number of carbonyl (C=O) groups excluding carboxylic acids is 2. The van der Waals surface area contributed by atoms with Crippen LogP contribution in [0, 0.1) is 10.1 Å². The van der Waals surface area contributed by atoms with Crippen LogP contribution in [0.4, 0.5) is 11.4 Å². The number of amides is 1. The summed E-state index contributed by atoms with van der Waals surface area (Å²) in [6.07, 6.45) is 0. The van der Waals surface area contributed by atoms with Gasteiger partial charge >= 0.3 is 5.97 Å². The predicted molar refractivity (Wildman–Crippen MR) is 101 cm³/mol. The Hall–Kier alpha value is -3.42. The Morgan fingerprint density at radius 2 is 1.81 bits per heavy atom. The molecule has 0 radical (unpaired) electrons. The predicted octanol–water partition coefficient (Wildman–Crippen LogP) is 2.64. The van der Waals surface area contributed by atoms with E-state index in [1.807, 2.05) is 49.2 Å². The molecule has 2 aromatic rings. The van der Waals surface area contributed by atoms with Crippen molar-refractivity contribution < 1.29 is 19.2 Å². The Labute approximate surface area is 156 Å². The quantitative estimate of drug-likeness (QED) is 0.456. The highest BCUT2D eigenvalue weighted by atomic mass is 16.6. The SMILES string of the molecule is COC(=O)c1cc(C(=O)NCC(C)N(C)c2ccccc2)cc([N+](=O)[O-])c1. The van der Waals surface area contributed by atoms with E-state index < -0.39 is 16.8 Å². The average molecular weight is 371 g/mol. The van der Waals surface area contributed by atoms with Gasteiger partial charge in [-0.1, -0.05) is 18.2 Å². The Morgan fingerprint density at radius 3 is 2.41 bits per heavy atom. The Morgan fingerprint density at radius 1 is 1.19 bits per heavy atom. The number of carbonyl (C=O) groups is 2. The molecule has 0 aliphatic carbocycles. The fraction of sp³-hybridized carbons (Fsp3) is 0.263. The zero-order valence-corrected chi connectivity index (χ0v) is 15.3. The molecule has 2 aromatic carbocycles. The maximum absolute atomic E-state index is 12.4. The molecule has 0 aliphatic rings. The molecule has 0 fully saturated rings. The molecule has 8 heteroatoms. The number of nitro groups is 1. The van der Waals surface area contributed by atoms with Crippen molar-refractivity contribution in [2.45, 2.75) is 13.0 Å². The number of likely N-dealkylation sites (N-methyl/N-ethyl adjacent to an activating group) is 1. The minimum Gasteiger partial charge on any atom is -0.465 e. The van der Waals surface area contributed by atoms with E-state index in [0.29, 0.717) is 6.54 Å². The number of hydrogen-bond donors (Lipinski definition) is 1. The fourth-order valence-electron chi connectivity index (χ4n) is 2.48. The lowest BCUT2D eigenvalue weighted by Crippen LogP contribution is -2.40. The summed E-state index contributed by atoms with van der Waals surface area (Å²) in [5.74, 6) is -1.25. The van der Waals surface area contributed by atoms with Crippen molar-refractivity contribution >= 4 is 23.3 Å². The van der Waals surface area contributed by atoms with Crippen LogP contribution in [-0.2, 0) is 4.74 Å². The number of anilines is 1. The number of rotatable bonds is 7. The maximum Gasteiger partial charge on any atom is 0.338 e. The normalized spacial score (nSPS) is 11.4. The highest BCUT2D eigenvalue weighted by Gasteiger charge is 2.19. The van der Waals surface area contributed by atoms with Gasteiger partial charge in [0.05, 0.1) is 17.6 Å². The number of nitro benzene ring substituents is 1. The molecule has 1 atom stereocenters. The molecule has 0 bridgehead atoms. The molecular weight excluding hydrogens is 350 g/mol. The lowest BCUT2D eigenvalue weighted by atomic mass is 10.1. The van der Waals surface area contributed by atoms with Crippen molar-refractivity contribution in [3.05, 3.63) is 69.8 Å². The summed E-state index contributed by atoms with van der Waals surface area (Å²) in [6, 6.07) is 13.2. The van der Waals surface area contributed by atoms with Crippen LogP contribution in [0.25, 0.3) is 0 Å². The van der Waals surface area contributed by atoms with Gasteiger partial charge < -0.3 is 15.0 Å². The van der Waals surface area contributed by atoms with Crippen molar-refractivity contribution in [2.24, 2.45) is 0 Å². The number of ether oxygens (including phenoxy) is 1. The van der Waals surface area contributed by atoms with Gasteiger partial charge in [0.1, 0.15) is 0 Å². The summed E-state index contributed by atoms with van der Waals surface area (Å²) in [5.41, 5.74) is 0.630. The minimum atomic E-state index is -0.745. The van der Waals surface area contributed by atoms with E-state index in [4.69, 9.17) is 0 Å². The first kappa shape index (κ1) is 19.9. The summed E-state index contributed by atoms with van der Waals surface area (Å²) in [4.78, 5) is 36.6. The lowest BCUT2D eigenvalue weighted by Gasteiger charge is -2.27. The number of nitrogens with one attached hydrogen (secondary N) is 1. The molecule has 0 heterocycles. The van der Waals surface area contributed by atoms with Gasteiger partial charge in [0, 0.05) is 43.0 Å². The summed E-state index contributed by atoms with van der Waals surface area (Å²) in [5, 5.41) is 13.8. The first-order valence-electron chi connectivity index (χ1n) is 8.27. The van der Waals surface area contributed by atoms with Crippen LogP contribution >= 0.6 is 0 Å². The molecule has 0 aromatic heterocycles. The summed E-state index contributed by atoms with van der Waals surface area (Å²) in [6.45, 7) is 2.26. The first-order chi connectivity index (χ1) is 12.8. The van der Waals surface area contributed by atoms with Gasteiger partial charge in [0.25, 0.3) is 11.6 Å². The summed E-state index contributed by atoms with van der Waals surface area (Å²) < 4.78 is 4.58. The van der Waals surface area contributed by atoms with E-state index >= 15 is 0 Å². The van der Waals surface area contributed by atoms with E-state index in [1.54, 1.807) is 0 Å². The topological polar surface area (TPSA) is 102 Å². The van der Waals surface area contributed by atoms with Gasteiger partial charge in [-0.05, 0) is 25.1 Å². The van der Waals surface area contributed by atoms with Gasteiger partial charge in [-0.3, -0.25) is 14.9 Å². The molecular formula is C19H21N3O5. The number of para-hydroxylation sites is 1. The third-order valence-corrected chi connectivity index (χ3v) is 4.19. The van der Waals surface area contributed by atoms with Gasteiger partial charge in [-0.2, -0.15) is 0 Å². The van der Waals surface area contributed by atoms with Gasteiger partial charge in [-0.25, -0.2) is 4.79 Å². The average Bonchev–Trinajstić information content (AvgIpc) is 2.70. The molecule has 0 saturated heterocycles. The van der Waals surface area contributed by atoms with Crippen molar-refractivity contribution in [2.75, 3.05) is 25.6 Å². The lowest BCUT2D eigenvalue weighted by molar-refractivity contribution is -0.384. The second kappa shape index (κ2) is 8.79. The van der Waals surface area contributed by atoms with Crippen LogP contribution in [-0.4, -0.2) is 43.5 Å². The first-order valence-corrected chi connectivity index (χ1v) is 8.27. The van der Waals surface area contributed by atoms with E-state index in [2.05, 4.69) is 10.1 Å². The molecule has 142 valence electrons. The third-order valence-electron chi connectivity index (χ3n) is 4.19. The molecule has 27 heavy (non-hydrogen) atoms. The zero-order chi connectivity index (χ0) is 20.0. The van der Waals surface area contributed by atoms with Crippen LogP contribution in [0.5, 0.6) is 0 Å². The van der Waals surface area contributed by atoms with Crippen molar-refractivity contribution in [1.29, 1.82) is 0 Å². The van der Waals surface area contributed by atoms with Crippen molar-refractivity contribution in [3.63, 3.8) is 0 Å². The van der Waals surface area contributed by atoms with Crippen molar-refractivity contribution in [3.8, 4) is 0 Å². The molecule has 1 amide bonds. The Balaban J connectivity index is 2.12. The Bertz CT molecular complexity index is 838. The highest BCUT2D eigenvalue weighted by Crippen LogP contribution is 2.18. The van der Waals surface area contributed by atoms with E-state index in [0.717, 1.165) is 17.8 Å². The standard InChI is InChI=1S/C19H21N3O5/c1-13(21(2)16-7-5-4-6-8-16)12-20-18(23)14-9-15(19(24)27-3)11-17(10-14)22(25)26/h4-11,13H,12H2,1-3H3,(H,20,23).